The minimum atomic E-state index is -1.02. The standard InChI is InChI=1S/C23H37NO4/c1-22(2,3)17-28-21-12-6-5-11-20(21)23(26,13-7-8-15-27-4)19-10-9-14-24(16-19)18-25/h5-6,11-12,18-19,26H,7-10,13-17H2,1-4H3/t19-,23+/m1/s1. The third-order valence-corrected chi connectivity index (χ3v) is 5.45. The molecule has 5 heteroatoms. The predicted octanol–water partition coefficient (Wildman–Crippen LogP) is 3.98. The highest BCUT2D eigenvalue weighted by Crippen LogP contribution is 2.43. The van der Waals surface area contributed by atoms with Crippen LogP contribution in [0.15, 0.2) is 24.3 Å². The molecule has 1 aliphatic heterocycles. The summed E-state index contributed by atoms with van der Waals surface area (Å²) >= 11 is 0. The molecule has 1 aliphatic rings. The van der Waals surface area contributed by atoms with Crippen molar-refractivity contribution in [2.75, 3.05) is 33.4 Å². The molecule has 0 bridgehead atoms. The second-order valence-corrected chi connectivity index (χ2v) is 9.16. The summed E-state index contributed by atoms with van der Waals surface area (Å²) in [5, 5.41) is 12.0. The molecule has 1 fully saturated rings. The Hall–Kier alpha value is -1.59. The van der Waals surface area contributed by atoms with Crippen molar-refractivity contribution in [1.82, 2.24) is 4.90 Å². The second kappa shape index (κ2) is 10.3. The largest absolute Gasteiger partial charge is 0.493 e. The van der Waals surface area contributed by atoms with Crippen LogP contribution in [0.5, 0.6) is 5.75 Å². The molecule has 2 atom stereocenters. The molecule has 0 saturated carbocycles. The van der Waals surface area contributed by atoms with Gasteiger partial charge in [0.05, 0.1) is 12.2 Å². The molecule has 1 aromatic rings. The van der Waals surface area contributed by atoms with Crippen LogP contribution in [-0.4, -0.2) is 49.8 Å². The molecule has 0 spiro atoms. The summed E-state index contributed by atoms with van der Waals surface area (Å²) in [6.45, 7) is 9.01. The Morgan fingerprint density at radius 2 is 2.00 bits per heavy atom. The first-order valence-electron chi connectivity index (χ1n) is 10.4. The Kier molecular flexibility index (Phi) is 8.32. The number of para-hydroxylation sites is 1. The maximum Gasteiger partial charge on any atom is 0.209 e. The van der Waals surface area contributed by atoms with Crippen LogP contribution in [0.3, 0.4) is 0 Å². The number of hydrogen-bond acceptors (Lipinski definition) is 4. The van der Waals surface area contributed by atoms with E-state index in [4.69, 9.17) is 9.47 Å². The summed E-state index contributed by atoms with van der Waals surface area (Å²) in [4.78, 5) is 13.1. The number of benzene rings is 1. The number of ether oxygens (including phenoxy) is 2. The molecule has 0 unspecified atom stereocenters. The van der Waals surface area contributed by atoms with Gasteiger partial charge in [-0.05, 0) is 43.6 Å². The van der Waals surface area contributed by atoms with Gasteiger partial charge in [0.2, 0.25) is 6.41 Å². The normalized spacial score (nSPS) is 19.9. The van der Waals surface area contributed by atoms with Crippen LogP contribution in [0.2, 0.25) is 0 Å². The Balaban J connectivity index is 2.31. The van der Waals surface area contributed by atoms with E-state index in [2.05, 4.69) is 20.8 Å². The van der Waals surface area contributed by atoms with Crippen LogP contribution in [0.1, 0.15) is 58.4 Å². The van der Waals surface area contributed by atoms with Gasteiger partial charge in [-0.15, -0.1) is 0 Å². The summed E-state index contributed by atoms with van der Waals surface area (Å²) in [6.07, 6.45) is 5.10. The molecule has 1 N–H and O–H groups in total. The van der Waals surface area contributed by atoms with Crippen molar-refractivity contribution in [2.24, 2.45) is 11.3 Å². The third-order valence-electron chi connectivity index (χ3n) is 5.45. The van der Waals surface area contributed by atoms with E-state index >= 15 is 0 Å². The molecular formula is C23H37NO4. The zero-order valence-corrected chi connectivity index (χ0v) is 17.9. The van der Waals surface area contributed by atoms with Gasteiger partial charge in [-0.1, -0.05) is 39.0 Å². The minimum Gasteiger partial charge on any atom is -0.493 e. The molecule has 1 aromatic carbocycles. The van der Waals surface area contributed by atoms with Crippen molar-refractivity contribution in [2.45, 2.75) is 58.5 Å². The van der Waals surface area contributed by atoms with Crippen molar-refractivity contribution >= 4 is 6.41 Å². The highest BCUT2D eigenvalue weighted by atomic mass is 16.5. The van der Waals surface area contributed by atoms with Gasteiger partial charge in [0.1, 0.15) is 5.75 Å². The van der Waals surface area contributed by atoms with E-state index in [1.165, 1.54) is 0 Å². The van der Waals surface area contributed by atoms with Crippen molar-refractivity contribution in [1.29, 1.82) is 0 Å². The molecule has 28 heavy (non-hydrogen) atoms. The summed E-state index contributed by atoms with van der Waals surface area (Å²) in [5.41, 5.74) is -0.151. The molecule has 0 aliphatic carbocycles. The van der Waals surface area contributed by atoms with E-state index in [1.807, 2.05) is 24.3 Å². The Morgan fingerprint density at radius 3 is 2.68 bits per heavy atom. The Bertz CT molecular complexity index is 613. The summed E-state index contributed by atoms with van der Waals surface area (Å²) in [5.74, 6) is 0.739. The number of carbonyl (C=O) groups excluding carboxylic acids is 1. The molecule has 1 heterocycles. The maximum atomic E-state index is 12.0. The van der Waals surface area contributed by atoms with E-state index in [9.17, 15) is 9.90 Å². The van der Waals surface area contributed by atoms with Crippen molar-refractivity contribution in [3.63, 3.8) is 0 Å². The van der Waals surface area contributed by atoms with E-state index < -0.39 is 5.60 Å². The lowest BCUT2D eigenvalue weighted by atomic mass is 9.74. The van der Waals surface area contributed by atoms with Gasteiger partial charge in [0.25, 0.3) is 0 Å². The van der Waals surface area contributed by atoms with Crippen LogP contribution < -0.4 is 4.74 Å². The predicted molar refractivity (Wildman–Crippen MR) is 111 cm³/mol. The van der Waals surface area contributed by atoms with Crippen molar-refractivity contribution < 1.29 is 19.4 Å². The first kappa shape index (κ1) is 22.7. The Morgan fingerprint density at radius 1 is 1.25 bits per heavy atom. The number of nitrogens with zero attached hydrogens (tertiary/aromatic N) is 1. The van der Waals surface area contributed by atoms with Gasteiger partial charge in [0, 0.05) is 38.3 Å². The molecular weight excluding hydrogens is 354 g/mol. The summed E-state index contributed by atoms with van der Waals surface area (Å²) in [7, 11) is 1.70. The van der Waals surface area contributed by atoms with Gasteiger partial charge in [-0.25, -0.2) is 0 Å². The van der Waals surface area contributed by atoms with Crippen molar-refractivity contribution in [3.05, 3.63) is 29.8 Å². The number of likely N-dealkylation sites (tertiary alicyclic amines) is 1. The van der Waals surface area contributed by atoms with Gasteiger partial charge in [-0.2, -0.15) is 0 Å². The maximum absolute atomic E-state index is 12.0. The Labute approximate surface area is 170 Å². The van der Waals surface area contributed by atoms with E-state index in [0.717, 1.165) is 50.0 Å². The lowest BCUT2D eigenvalue weighted by Gasteiger charge is -2.42. The first-order chi connectivity index (χ1) is 13.3. The van der Waals surface area contributed by atoms with Crippen LogP contribution >= 0.6 is 0 Å². The first-order valence-corrected chi connectivity index (χ1v) is 10.4. The van der Waals surface area contributed by atoms with Gasteiger partial charge >= 0.3 is 0 Å². The monoisotopic (exact) mass is 391 g/mol. The van der Waals surface area contributed by atoms with Gasteiger partial charge in [-0.3, -0.25) is 4.79 Å². The van der Waals surface area contributed by atoms with Gasteiger partial charge in [0.15, 0.2) is 0 Å². The van der Waals surface area contributed by atoms with Crippen LogP contribution in [0.4, 0.5) is 0 Å². The molecule has 1 saturated heterocycles. The average Bonchev–Trinajstić information content (AvgIpc) is 2.69. The van der Waals surface area contributed by atoms with E-state index in [0.29, 0.717) is 26.2 Å². The fourth-order valence-electron chi connectivity index (χ4n) is 3.94. The quantitative estimate of drug-likeness (QED) is 0.484. The number of unbranched alkanes of at least 4 members (excludes halogenated alkanes) is 1. The molecule has 0 aromatic heterocycles. The molecule has 2 rings (SSSR count). The van der Waals surface area contributed by atoms with E-state index in [-0.39, 0.29) is 11.3 Å². The third kappa shape index (κ3) is 6.21. The minimum absolute atomic E-state index is 0.00613. The topological polar surface area (TPSA) is 59.0 Å². The number of amides is 1. The average molecular weight is 392 g/mol. The zero-order chi connectivity index (χ0) is 20.6. The lowest BCUT2D eigenvalue weighted by Crippen LogP contribution is -2.46. The highest BCUT2D eigenvalue weighted by molar-refractivity contribution is 5.47. The summed E-state index contributed by atoms with van der Waals surface area (Å²) in [6, 6.07) is 7.83. The number of methoxy groups -OCH3 is 1. The van der Waals surface area contributed by atoms with Crippen LogP contribution in [-0.2, 0) is 15.1 Å². The zero-order valence-electron chi connectivity index (χ0n) is 17.9. The highest BCUT2D eigenvalue weighted by Gasteiger charge is 2.42. The number of aliphatic hydroxyl groups is 1. The second-order valence-electron chi connectivity index (χ2n) is 9.16. The van der Waals surface area contributed by atoms with Crippen LogP contribution in [0, 0.1) is 11.3 Å². The number of hydrogen-bond donors (Lipinski definition) is 1. The number of rotatable bonds is 10. The molecule has 0 radical (unpaired) electrons. The fraction of sp³-hybridized carbons (Fsp3) is 0.696. The molecule has 158 valence electrons. The van der Waals surface area contributed by atoms with Gasteiger partial charge < -0.3 is 19.5 Å². The smallest absolute Gasteiger partial charge is 0.209 e. The summed E-state index contributed by atoms with van der Waals surface area (Å²) < 4.78 is 11.3. The number of piperidine rings is 1. The molecule has 5 nitrogen and oxygen atoms in total. The lowest BCUT2D eigenvalue weighted by molar-refractivity contribution is -0.123. The van der Waals surface area contributed by atoms with Crippen LogP contribution in [0.25, 0.3) is 0 Å². The number of carbonyl (C=O) groups is 1. The SMILES string of the molecule is COCCCC[C@@](O)(c1ccccc1OCC(C)(C)C)[C@@H]1CCCN(C=O)C1. The fourth-order valence-corrected chi connectivity index (χ4v) is 3.94. The van der Waals surface area contributed by atoms with Crippen molar-refractivity contribution in [3.8, 4) is 5.75 Å². The van der Waals surface area contributed by atoms with E-state index in [1.54, 1.807) is 12.0 Å². The molecule has 1 amide bonds.